The second-order valence-electron chi connectivity index (χ2n) is 6.75. The average molecular weight is 281 g/mol. The van der Waals surface area contributed by atoms with Crippen molar-refractivity contribution in [1.29, 1.82) is 0 Å². The average Bonchev–Trinajstić information content (AvgIpc) is 2.91. The van der Waals surface area contributed by atoms with E-state index in [4.69, 9.17) is 5.73 Å². The Morgan fingerprint density at radius 1 is 1.19 bits per heavy atom. The highest BCUT2D eigenvalue weighted by molar-refractivity contribution is 5.78. The van der Waals surface area contributed by atoms with Gasteiger partial charge in [-0.25, -0.2) is 0 Å². The second-order valence-corrected chi connectivity index (χ2v) is 6.75. The number of likely N-dealkylation sites (tertiary alicyclic amines) is 1. The van der Waals surface area contributed by atoms with E-state index in [2.05, 4.69) is 34.1 Å². The molecule has 1 aliphatic carbocycles. The molecule has 110 valence electrons. The summed E-state index contributed by atoms with van der Waals surface area (Å²) in [5.74, 6) is 1.54. The molecule has 2 aromatic rings. The Balaban J connectivity index is 1.50. The fourth-order valence-corrected chi connectivity index (χ4v) is 4.20. The van der Waals surface area contributed by atoms with Gasteiger partial charge in [-0.05, 0) is 42.4 Å². The summed E-state index contributed by atoms with van der Waals surface area (Å²) in [7, 11) is 0. The third kappa shape index (κ3) is 2.56. The van der Waals surface area contributed by atoms with Crippen molar-refractivity contribution in [3.05, 3.63) is 42.1 Å². The van der Waals surface area contributed by atoms with Gasteiger partial charge in [-0.3, -0.25) is 9.88 Å². The normalized spacial score (nSPS) is 29.7. The van der Waals surface area contributed by atoms with Crippen LogP contribution in [0.25, 0.3) is 10.9 Å². The molecule has 1 saturated carbocycles. The van der Waals surface area contributed by atoms with E-state index >= 15 is 0 Å². The summed E-state index contributed by atoms with van der Waals surface area (Å²) in [6.07, 6.45) is 5.93. The zero-order valence-corrected chi connectivity index (χ0v) is 12.4. The number of fused-ring (bicyclic) bond motifs is 2. The van der Waals surface area contributed by atoms with Crippen molar-refractivity contribution in [2.75, 3.05) is 13.1 Å². The molecule has 2 N–H and O–H groups in total. The molecule has 2 aliphatic rings. The van der Waals surface area contributed by atoms with Crippen LogP contribution in [0.15, 0.2) is 36.5 Å². The van der Waals surface area contributed by atoms with Gasteiger partial charge in [-0.2, -0.15) is 0 Å². The maximum Gasteiger partial charge on any atom is 0.0702 e. The molecule has 0 spiro atoms. The summed E-state index contributed by atoms with van der Waals surface area (Å²) in [5.41, 5.74) is 8.71. The van der Waals surface area contributed by atoms with Crippen LogP contribution in [0, 0.1) is 11.8 Å². The Labute approximate surface area is 126 Å². The van der Waals surface area contributed by atoms with Crippen molar-refractivity contribution in [2.45, 2.75) is 31.8 Å². The highest BCUT2D eigenvalue weighted by Crippen LogP contribution is 2.36. The molecule has 21 heavy (non-hydrogen) atoms. The van der Waals surface area contributed by atoms with E-state index in [0.29, 0.717) is 12.0 Å². The van der Waals surface area contributed by atoms with Crippen molar-refractivity contribution in [3.8, 4) is 0 Å². The number of benzene rings is 1. The van der Waals surface area contributed by atoms with Gasteiger partial charge in [0.15, 0.2) is 0 Å². The van der Waals surface area contributed by atoms with Gasteiger partial charge in [0, 0.05) is 37.3 Å². The van der Waals surface area contributed by atoms with Gasteiger partial charge >= 0.3 is 0 Å². The fourth-order valence-electron chi connectivity index (χ4n) is 4.20. The van der Waals surface area contributed by atoms with Crippen LogP contribution in [0.1, 0.15) is 24.8 Å². The molecule has 0 radical (unpaired) electrons. The number of hydrogen-bond acceptors (Lipinski definition) is 3. The first-order valence-corrected chi connectivity index (χ1v) is 8.11. The smallest absolute Gasteiger partial charge is 0.0702 e. The summed E-state index contributed by atoms with van der Waals surface area (Å²) in [6.45, 7) is 3.39. The summed E-state index contributed by atoms with van der Waals surface area (Å²) >= 11 is 0. The second kappa shape index (κ2) is 5.39. The lowest BCUT2D eigenvalue weighted by atomic mass is 9.78. The fraction of sp³-hybridized carbons (Fsp3) is 0.500. The number of para-hydroxylation sites is 1. The van der Waals surface area contributed by atoms with Crippen LogP contribution >= 0.6 is 0 Å². The zero-order chi connectivity index (χ0) is 14.2. The molecule has 4 rings (SSSR count). The molecule has 2 fully saturated rings. The van der Waals surface area contributed by atoms with Crippen LogP contribution in [0.4, 0.5) is 0 Å². The first-order chi connectivity index (χ1) is 10.3. The molecule has 2 heterocycles. The molecule has 0 amide bonds. The van der Waals surface area contributed by atoms with Crippen LogP contribution < -0.4 is 5.73 Å². The standard InChI is InChI=1S/C18H23N3/c19-17-6-3-5-15-11-21(12-16(15)17)10-13-8-14-4-1-2-7-18(14)20-9-13/h1-2,4,7-9,15-17H,3,5-6,10-12,19H2. The lowest BCUT2D eigenvalue weighted by Gasteiger charge is -2.29. The molecule has 3 atom stereocenters. The molecular weight excluding hydrogens is 258 g/mol. The van der Waals surface area contributed by atoms with Crippen molar-refractivity contribution in [3.63, 3.8) is 0 Å². The summed E-state index contributed by atoms with van der Waals surface area (Å²) < 4.78 is 0. The molecule has 3 nitrogen and oxygen atoms in total. The van der Waals surface area contributed by atoms with Crippen LogP contribution in [0.2, 0.25) is 0 Å². The number of nitrogens with two attached hydrogens (primary N) is 1. The van der Waals surface area contributed by atoms with E-state index in [1.807, 2.05) is 12.3 Å². The molecular formula is C18H23N3. The SMILES string of the molecule is NC1CCCC2CN(Cc3cnc4ccccc4c3)CC12. The van der Waals surface area contributed by atoms with Gasteiger partial charge in [0.1, 0.15) is 0 Å². The van der Waals surface area contributed by atoms with Gasteiger partial charge in [-0.1, -0.05) is 24.6 Å². The highest BCUT2D eigenvalue weighted by Gasteiger charge is 2.38. The molecule has 0 bridgehead atoms. The maximum absolute atomic E-state index is 6.31. The number of aromatic nitrogens is 1. The van der Waals surface area contributed by atoms with Gasteiger partial charge in [-0.15, -0.1) is 0 Å². The molecule has 1 saturated heterocycles. The van der Waals surface area contributed by atoms with Gasteiger partial charge in [0.2, 0.25) is 0 Å². The van der Waals surface area contributed by atoms with E-state index in [1.54, 1.807) is 0 Å². The molecule has 1 aliphatic heterocycles. The minimum Gasteiger partial charge on any atom is -0.327 e. The third-order valence-electron chi connectivity index (χ3n) is 5.28. The Kier molecular flexibility index (Phi) is 3.40. The van der Waals surface area contributed by atoms with Crippen LogP contribution in [0.3, 0.4) is 0 Å². The zero-order valence-electron chi connectivity index (χ0n) is 12.4. The molecule has 1 aromatic carbocycles. The Hall–Kier alpha value is -1.45. The molecule has 3 heteroatoms. The van der Waals surface area contributed by atoms with Crippen LogP contribution in [-0.2, 0) is 6.54 Å². The Morgan fingerprint density at radius 3 is 3.00 bits per heavy atom. The largest absolute Gasteiger partial charge is 0.327 e. The van der Waals surface area contributed by atoms with E-state index < -0.39 is 0 Å². The van der Waals surface area contributed by atoms with E-state index in [-0.39, 0.29) is 0 Å². The molecule has 1 aromatic heterocycles. The van der Waals surface area contributed by atoms with Crippen LogP contribution in [-0.4, -0.2) is 29.0 Å². The Bertz CT molecular complexity index is 639. The van der Waals surface area contributed by atoms with E-state index in [0.717, 1.165) is 18.0 Å². The minimum atomic E-state index is 0.420. The quantitative estimate of drug-likeness (QED) is 0.920. The van der Waals surface area contributed by atoms with Gasteiger partial charge < -0.3 is 5.73 Å². The van der Waals surface area contributed by atoms with Gasteiger partial charge in [0.25, 0.3) is 0 Å². The summed E-state index contributed by atoms with van der Waals surface area (Å²) in [5, 5.41) is 1.24. The van der Waals surface area contributed by atoms with E-state index in [1.165, 1.54) is 43.3 Å². The maximum atomic E-state index is 6.31. The first kappa shape index (κ1) is 13.2. The number of hydrogen-bond donors (Lipinski definition) is 1. The summed E-state index contributed by atoms with van der Waals surface area (Å²) in [6, 6.07) is 11.0. The predicted octanol–water partition coefficient (Wildman–Crippen LogP) is 2.79. The van der Waals surface area contributed by atoms with Crippen molar-refractivity contribution in [1.82, 2.24) is 9.88 Å². The first-order valence-electron chi connectivity index (χ1n) is 8.11. The van der Waals surface area contributed by atoms with Crippen molar-refractivity contribution in [2.24, 2.45) is 17.6 Å². The predicted molar refractivity (Wildman–Crippen MR) is 85.8 cm³/mol. The number of pyridine rings is 1. The Morgan fingerprint density at radius 2 is 2.10 bits per heavy atom. The van der Waals surface area contributed by atoms with Crippen molar-refractivity contribution < 1.29 is 0 Å². The lowest BCUT2D eigenvalue weighted by molar-refractivity contribution is 0.259. The van der Waals surface area contributed by atoms with Crippen LogP contribution in [0.5, 0.6) is 0 Å². The number of rotatable bonds is 2. The van der Waals surface area contributed by atoms with Gasteiger partial charge in [0.05, 0.1) is 5.52 Å². The third-order valence-corrected chi connectivity index (χ3v) is 5.28. The number of nitrogens with zero attached hydrogens (tertiary/aromatic N) is 2. The minimum absolute atomic E-state index is 0.420. The molecule has 3 unspecified atom stereocenters. The van der Waals surface area contributed by atoms with E-state index in [9.17, 15) is 0 Å². The summed E-state index contributed by atoms with van der Waals surface area (Å²) in [4.78, 5) is 7.15. The topological polar surface area (TPSA) is 42.1 Å². The highest BCUT2D eigenvalue weighted by atomic mass is 15.2. The van der Waals surface area contributed by atoms with Crippen molar-refractivity contribution >= 4 is 10.9 Å². The lowest BCUT2D eigenvalue weighted by Crippen LogP contribution is -2.38. The monoisotopic (exact) mass is 281 g/mol.